The van der Waals surface area contributed by atoms with Crippen LogP contribution in [0.4, 0.5) is 24.5 Å². The molecular weight excluding hydrogens is 409 g/mol. The molecular formula is C16H10ClF3N2O6. The molecule has 1 amide bonds. The fraction of sp³-hybridized carbons (Fsp3) is 0.125. The number of phenols is 1. The second kappa shape index (κ2) is 8.13. The second-order valence-electron chi connectivity index (χ2n) is 5.27. The van der Waals surface area contributed by atoms with E-state index in [9.17, 15) is 38.0 Å². The number of hydrogen-bond donors (Lipinski definition) is 2. The number of nitrogens with zero attached hydrogens (tertiary/aromatic N) is 1. The number of carbonyl (C=O) groups excluding carboxylic acids is 2. The Morgan fingerprint density at radius 1 is 1.21 bits per heavy atom. The maximum absolute atomic E-state index is 12.7. The number of nitro benzene ring substituents is 1. The predicted molar refractivity (Wildman–Crippen MR) is 90.1 cm³/mol. The number of ether oxygens (including phenoxy) is 1. The third-order valence-electron chi connectivity index (χ3n) is 3.31. The number of amides is 1. The number of carbonyl (C=O) groups is 2. The first kappa shape index (κ1) is 21.0. The number of hydrogen-bond acceptors (Lipinski definition) is 6. The minimum absolute atomic E-state index is 0.120. The number of rotatable bonds is 5. The molecule has 8 nitrogen and oxygen atoms in total. The van der Waals surface area contributed by atoms with E-state index < -0.39 is 52.3 Å². The first-order valence-corrected chi connectivity index (χ1v) is 7.68. The van der Waals surface area contributed by atoms with Gasteiger partial charge in [0.1, 0.15) is 17.0 Å². The second-order valence-corrected chi connectivity index (χ2v) is 5.71. The van der Waals surface area contributed by atoms with Gasteiger partial charge in [0.25, 0.3) is 11.6 Å². The molecule has 0 spiro atoms. The van der Waals surface area contributed by atoms with Crippen LogP contribution in [-0.4, -0.2) is 28.5 Å². The minimum Gasteiger partial charge on any atom is -0.507 e. The SMILES string of the molecule is O=C(COC(=O)c1cc(Cl)ccc1O)Nc1ccc(C(F)(F)F)cc1[N+](=O)[O-]. The number of nitro groups is 1. The maximum atomic E-state index is 12.7. The van der Waals surface area contributed by atoms with Gasteiger partial charge in [-0.1, -0.05) is 11.6 Å². The molecule has 0 atom stereocenters. The standard InChI is InChI=1S/C16H10ClF3N2O6/c17-9-2-4-13(23)10(6-9)15(25)28-7-14(24)21-11-3-1-8(16(18,19)20)5-12(11)22(26)27/h1-6,23H,7H2,(H,21,24). The molecule has 0 saturated heterocycles. The lowest BCUT2D eigenvalue weighted by Gasteiger charge is -2.10. The van der Waals surface area contributed by atoms with Crippen molar-refractivity contribution in [2.75, 3.05) is 11.9 Å². The minimum atomic E-state index is -4.80. The zero-order valence-corrected chi connectivity index (χ0v) is 14.4. The molecule has 0 aromatic heterocycles. The Morgan fingerprint density at radius 3 is 2.50 bits per heavy atom. The lowest BCUT2D eigenvalue weighted by molar-refractivity contribution is -0.384. The van der Waals surface area contributed by atoms with Crippen LogP contribution in [0.1, 0.15) is 15.9 Å². The lowest BCUT2D eigenvalue weighted by Crippen LogP contribution is -2.21. The van der Waals surface area contributed by atoms with Crippen LogP contribution in [0, 0.1) is 10.1 Å². The van der Waals surface area contributed by atoms with Crippen LogP contribution in [-0.2, 0) is 15.7 Å². The molecule has 0 bridgehead atoms. The zero-order valence-electron chi connectivity index (χ0n) is 13.6. The zero-order chi connectivity index (χ0) is 21.1. The summed E-state index contributed by atoms with van der Waals surface area (Å²) in [6, 6.07) is 5.07. The number of halogens is 4. The van der Waals surface area contributed by atoms with Crippen molar-refractivity contribution in [3.8, 4) is 5.75 Å². The Balaban J connectivity index is 2.09. The normalized spacial score (nSPS) is 11.0. The summed E-state index contributed by atoms with van der Waals surface area (Å²) in [4.78, 5) is 33.6. The molecule has 2 N–H and O–H groups in total. The lowest BCUT2D eigenvalue weighted by atomic mass is 10.1. The molecule has 0 aliphatic rings. The fourth-order valence-electron chi connectivity index (χ4n) is 2.03. The van der Waals surface area contributed by atoms with E-state index >= 15 is 0 Å². The van der Waals surface area contributed by atoms with Crippen LogP contribution in [0.25, 0.3) is 0 Å². The molecule has 0 aliphatic heterocycles. The van der Waals surface area contributed by atoms with E-state index in [1.807, 2.05) is 5.32 Å². The molecule has 12 heteroatoms. The number of alkyl halides is 3. The molecule has 0 radical (unpaired) electrons. The molecule has 2 aromatic rings. The van der Waals surface area contributed by atoms with Gasteiger partial charge >= 0.3 is 12.1 Å². The number of phenolic OH excluding ortho intramolecular Hbond substituents is 1. The summed E-state index contributed by atoms with van der Waals surface area (Å²) in [6.45, 7) is -0.914. The number of anilines is 1. The summed E-state index contributed by atoms with van der Waals surface area (Å²) in [6.07, 6.45) is -4.80. The van der Waals surface area contributed by atoms with Gasteiger partial charge in [-0.2, -0.15) is 13.2 Å². The van der Waals surface area contributed by atoms with Crippen molar-refractivity contribution in [3.05, 3.63) is 62.7 Å². The van der Waals surface area contributed by atoms with Gasteiger partial charge in [-0.15, -0.1) is 0 Å². The van der Waals surface area contributed by atoms with Gasteiger partial charge in [0.2, 0.25) is 0 Å². The molecule has 0 fully saturated rings. The van der Waals surface area contributed by atoms with Crippen LogP contribution in [0.15, 0.2) is 36.4 Å². The molecule has 0 saturated carbocycles. The van der Waals surface area contributed by atoms with Gasteiger partial charge in [0.05, 0.1) is 10.5 Å². The topological polar surface area (TPSA) is 119 Å². The van der Waals surface area contributed by atoms with Crippen molar-refractivity contribution in [2.45, 2.75) is 6.18 Å². The maximum Gasteiger partial charge on any atom is 0.416 e. The summed E-state index contributed by atoms with van der Waals surface area (Å²) in [5.41, 5.74) is -3.08. The van der Waals surface area contributed by atoms with Gasteiger partial charge in [0.15, 0.2) is 6.61 Å². The van der Waals surface area contributed by atoms with E-state index in [1.54, 1.807) is 0 Å². The largest absolute Gasteiger partial charge is 0.507 e. The third-order valence-corrected chi connectivity index (χ3v) is 3.54. The number of aromatic hydroxyl groups is 1. The predicted octanol–water partition coefficient (Wildman–Crippen LogP) is 3.77. The first-order valence-electron chi connectivity index (χ1n) is 7.30. The quantitative estimate of drug-likeness (QED) is 0.433. The Labute approximate surface area is 159 Å². The third kappa shape index (κ3) is 5.10. The molecule has 0 unspecified atom stereocenters. The van der Waals surface area contributed by atoms with Crippen LogP contribution < -0.4 is 5.32 Å². The van der Waals surface area contributed by atoms with E-state index in [0.29, 0.717) is 12.1 Å². The van der Waals surface area contributed by atoms with E-state index in [1.165, 1.54) is 6.07 Å². The highest BCUT2D eigenvalue weighted by molar-refractivity contribution is 6.31. The average molecular weight is 419 g/mol. The van der Waals surface area contributed by atoms with Crippen molar-refractivity contribution in [3.63, 3.8) is 0 Å². The molecule has 2 aromatic carbocycles. The molecule has 2 rings (SSSR count). The van der Waals surface area contributed by atoms with Crippen LogP contribution in [0.5, 0.6) is 5.75 Å². The summed E-state index contributed by atoms with van der Waals surface area (Å²) in [5.74, 6) is -2.59. The Bertz CT molecular complexity index is 948. The average Bonchev–Trinajstić information content (AvgIpc) is 2.60. The highest BCUT2D eigenvalue weighted by Gasteiger charge is 2.33. The summed E-state index contributed by atoms with van der Waals surface area (Å²) < 4.78 is 42.6. The summed E-state index contributed by atoms with van der Waals surface area (Å²) >= 11 is 5.68. The highest BCUT2D eigenvalue weighted by Crippen LogP contribution is 2.35. The molecule has 0 aliphatic carbocycles. The Kier molecular flexibility index (Phi) is 6.09. The van der Waals surface area contributed by atoms with Gasteiger partial charge in [-0.25, -0.2) is 4.79 Å². The highest BCUT2D eigenvalue weighted by atomic mass is 35.5. The van der Waals surface area contributed by atoms with Gasteiger partial charge in [-0.3, -0.25) is 14.9 Å². The Morgan fingerprint density at radius 2 is 1.89 bits per heavy atom. The van der Waals surface area contributed by atoms with Crippen LogP contribution >= 0.6 is 11.6 Å². The van der Waals surface area contributed by atoms with Gasteiger partial charge in [-0.05, 0) is 30.3 Å². The van der Waals surface area contributed by atoms with Crippen LogP contribution in [0.2, 0.25) is 5.02 Å². The van der Waals surface area contributed by atoms with Crippen molar-refractivity contribution in [1.82, 2.24) is 0 Å². The van der Waals surface area contributed by atoms with E-state index in [0.717, 1.165) is 12.1 Å². The number of nitrogens with one attached hydrogen (secondary N) is 1. The van der Waals surface area contributed by atoms with Crippen molar-refractivity contribution < 1.29 is 37.5 Å². The Hall–Kier alpha value is -3.34. The van der Waals surface area contributed by atoms with Crippen molar-refractivity contribution >= 4 is 34.9 Å². The molecule has 28 heavy (non-hydrogen) atoms. The first-order chi connectivity index (χ1) is 13.0. The summed E-state index contributed by atoms with van der Waals surface area (Å²) in [7, 11) is 0. The number of benzene rings is 2. The molecule has 148 valence electrons. The van der Waals surface area contributed by atoms with Gasteiger partial charge < -0.3 is 15.2 Å². The number of esters is 1. The smallest absolute Gasteiger partial charge is 0.416 e. The van der Waals surface area contributed by atoms with Crippen molar-refractivity contribution in [2.24, 2.45) is 0 Å². The summed E-state index contributed by atoms with van der Waals surface area (Å²) in [5, 5.41) is 22.6. The van der Waals surface area contributed by atoms with Gasteiger partial charge in [0, 0.05) is 11.1 Å². The fourth-order valence-corrected chi connectivity index (χ4v) is 2.20. The molecule has 0 heterocycles. The van der Waals surface area contributed by atoms with Crippen molar-refractivity contribution in [1.29, 1.82) is 0 Å². The monoisotopic (exact) mass is 418 g/mol. The van der Waals surface area contributed by atoms with E-state index in [4.69, 9.17) is 11.6 Å². The van der Waals surface area contributed by atoms with E-state index in [2.05, 4.69) is 4.74 Å². The van der Waals surface area contributed by atoms with Crippen LogP contribution in [0.3, 0.4) is 0 Å². The van der Waals surface area contributed by atoms with E-state index in [-0.39, 0.29) is 16.7 Å².